The SMILES string of the molecule is COCCOC(=O)c1ccc(F)c(C)c1. The van der Waals surface area contributed by atoms with E-state index in [-0.39, 0.29) is 12.4 Å². The molecule has 0 N–H and O–H groups in total. The first-order valence-corrected chi connectivity index (χ1v) is 4.57. The average Bonchev–Trinajstić information content (AvgIpc) is 2.22. The second-order valence-corrected chi connectivity index (χ2v) is 3.09. The fourth-order valence-electron chi connectivity index (χ4n) is 1.07. The van der Waals surface area contributed by atoms with Crippen LogP contribution < -0.4 is 0 Å². The van der Waals surface area contributed by atoms with Gasteiger partial charge in [-0.1, -0.05) is 0 Å². The Morgan fingerprint density at radius 2 is 2.13 bits per heavy atom. The van der Waals surface area contributed by atoms with Crippen molar-refractivity contribution in [2.45, 2.75) is 6.92 Å². The number of rotatable bonds is 4. The van der Waals surface area contributed by atoms with E-state index in [1.54, 1.807) is 6.92 Å². The van der Waals surface area contributed by atoms with Crippen molar-refractivity contribution in [1.29, 1.82) is 0 Å². The van der Waals surface area contributed by atoms with E-state index in [1.807, 2.05) is 0 Å². The van der Waals surface area contributed by atoms with E-state index >= 15 is 0 Å². The summed E-state index contributed by atoms with van der Waals surface area (Å²) in [6.07, 6.45) is 0. The Labute approximate surface area is 87.8 Å². The molecule has 3 nitrogen and oxygen atoms in total. The molecule has 1 aromatic carbocycles. The second-order valence-electron chi connectivity index (χ2n) is 3.09. The van der Waals surface area contributed by atoms with Crippen LogP contribution in [0.1, 0.15) is 15.9 Å². The minimum atomic E-state index is -0.463. The summed E-state index contributed by atoms with van der Waals surface area (Å²) < 4.78 is 22.5. The molecule has 0 atom stereocenters. The molecule has 0 saturated heterocycles. The van der Waals surface area contributed by atoms with Crippen molar-refractivity contribution in [2.24, 2.45) is 0 Å². The lowest BCUT2D eigenvalue weighted by Crippen LogP contribution is -2.10. The molecule has 0 bridgehead atoms. The largest absolute Gasteiger partial charge is 0.460 e. The molecule has 15 heavy (non-hydrogen) atoms. The lowest BCUT2D eigenvalue weighted by atomic mass is 10.1. The minimum Gasteiger partial charge on any atom is -0.460 e. The number of halogens is 1. The molecule has 0 aliphatic rings. The number of methoxy groups -OCH3 is 1. The fraction of sp³-hybridized carbons (Fsp3) is 0.364. The maximum absolute atomic E-state index is 12.9. The Bertz CT molecular complexity index is 350. The van der Waals surface area contributed by atoms with Crippen molar-refractivity contribution in [3.63, 3.8) is 0 Å². The maximum Gasteiger partial charge on any atom is 0.338 e. The van der Waals surface area contributed by atoms with Crippen LogP contribution in [-0.4, -0.2) is 26.3 Å². The van der Waals surface area contributed by atoms with Gasteiger partial charge in [0.25, 0.3) is 0 Å². The van der Waals surface area contributed by atoms with Crippen molar-refractivity contribution in [1.82, 2.24) is 0 Å². The van der Waals surface area contributed by atoms with E-state index in [2.05, 4.69) is 0 Å². The Morgan fingerprint density at radius 1 is 1.40 bits per heavy atom. The zero-order valence-electron chi connectivity index (χ0n) is 8.75. The van der Waals surface area contributed by atoms with Crippen molar-refractivity contribution < 1.29 is 18.7 Å². The topological polar surface area (TPSA) is 35.5 Å². The van der Waals surface area contributed by atoms with Crippen molar-refractivity contribution >= 4 is 5.97 Å². The quantitative estimate of drug-likeness (QED) is 0.565. The summed E-state index contributed by atoms with van der Waals surface area (Å²) in [4.78, 5) is 11.4. The van der Waals surface area contributed by atoms with Gasteiger partial charge in [-0.3, -0.25) is 0 Å². The van der Waals surface area contributed by atoms with Crippen LogP contribution in [0.3, 0.4) is 0 Å². The highest BCUT2D eigenvalue weighted by molar-refractivity contribution is 5.89. The average molecular weight is 212 g/mol. The van der Waals surface area contributed by atoms with Crippen LogP contribution in [0.25, 0.3) is 0 Å². The van der Waals surface area contributed by atoms with Crippen LogP contribution in [0.5, 0.6) is 0 Å². The lowest BCUT2D eigenvalue weighted by molar-refractivity contribution is 0.0388. The zero-order chi connectivity index (χ0) is 11.3. The monoisotopic (exact) mass is 212 g/mol. The van der Waals surface area contributed by atoms with Gasteiger partial charge in [0.05, 0.1) is 12.2 Å². The van der Waals surface area contributed by atoms with Crippen LogP contribution >= 0.6 is 0 Å². The fourth-order valence-corrected chi connectivity index (χ4v) is 1.07. The van der Waals surface area contributed by atoms with Gasteiger partial charge >= 0.3 is 5.97 Å². The van der Waals surface area contributed by atoms with Crippen LogP contribution in [0.4, 0.5) is 4.39 Å². The third-order valence-corrected chi connectivity index (χ3v) is 1.91. The minimum absolute atomic E-state index is 0.200. The summed E-state index contributed by atoms with van der Waals surface area (Å²) in [5.74, 6) is -0.793. The normalized spacial score (nSPS) is 10.1. The molecule has 0 unspecified atom stereocenters. The Hall–Kier alpha value is -1.42. The van der Waals surface area contributed by atoms with Gasteiger partial charge in [0, 0.05) is 7.11 Å². The third-order valence-electron chi connectivity index (χ3n) is 1.91. The van der Waals surface area contributed by atoms with Crippen LogP contribution in [0, 0.1) is 12.7 Å². The van der Waals surface area contributed by atoms with E-state index < -0.39 is 5.97 Å². The van der Waals surface area contributed by atoms with Crippen molar-refractivity contribution in [3.05, 3.63) is 35.1 Å². The van der Waals surface area contributed by atoms with Crippen molar-refractivity contribution in [2.75, 3.05) is 20.3 Å². The third kappa shape index (κ3) is 3.32. The molecule has 0 aliphatic heterocycles. The van der Waals surface area contributed by atoms with Gasteiger partial charge in [-0.15, -0.1) is 0 Å². The van der Waals surface area contributed by atoms with Gasteiger partial charge in [0.1, 0.15) is 12.4 Å². The van der Waals surface area contributed by atoms with E-state index in [0.717, 1.165) is 0 Å². The summed E-state index contributed by atoms with van der Waals surface area (Å²) in [7, 11) is 1.52. The predicted octanol–water partition coefficient (Wildman–Crippen LogP) is 1.94. The summed E-state index contributed by atoms with van der Waals surface area (Å²) >= 11 is 0. The highest BCUT2D eigenvalue weighted by Crippen LogP contribution is 2.10. The number of hydrogen-bond acceptors (Lipinski definition) is 3. The summed E-state index contributed by atoms with van der Waals surface area (Å²) in [6.45, 7) is 2.15. The van der Waals surface area contributed by atoms with E-state index in [1.165, 1.54) is 25.3 Å². The number of esters is 1. The second kappa shape index (κ2) is 5.46. The van der Waals surface area contributed by atoms with Crippen LogP contribution in [0.15, 0.2) is 18.2 Å². The molecule has 4 heteroatoms. The predicted molar refractivity (Wildman–Crippen MR) is 53.3 cm³/mol. The highest BCUT2D eigenvalue weighted by atomic mass is 19.1. The number of carbonyl (C=O) groups excluding carboxylic acids is 1. The Kier molecular flexibility index (Phi) is 4.24. The van der Waals surface area contributed by atoms with E-state index in [9.17, 15) is 9.18 Å². The van der Waals surface area contributed by atoms with Gasteiger partial charge < -0.3 is 9.47 Å². The molecular weight excluding hydrogens is 199 g/mol. The molecule has 0 spiro atoms. The smallest absolute Gasteiger partial charge is 0.338 e. The lowest BCUT2D eigenvalue weighted by Gasteiger charge is -2.04. The van der Waals surface area contributed by atoms with Gasteiger partial charge in [-0.05, 0) is 30.7 Å². The Morgan fingerprint density at radius 3 is 2.73 bits per heavy atom. The first-order chi connectivity index (χ1) is 7.15. The van der Waals surface area contributed by atoms with Crippen LogP contribution in [-0.2, 0) is 9.47 Å². The first kappa shape index (κ1) is 11.7. The molecule has 1 aromatic rings. The molecule has 1 rings (SSSR count). The molecule has 82 valence electrons. The van der Waals surface area contributed by atoms with E-state index in [0.29, 0.717) is 17.7 Å². The summed E-state index contributed by atoms with van der Waals surface area (Å²) in [5, 5.41) is 0. The molecule has 0 aliphatic carbocycles. The van der Waals surface area contributed by atoms with Gasteiger partial charge in [-0.2, -0.15) is 0 Å². The first-order valence-electron chi connectivity index (χ1n) is 4.57. The number of benzene rings is 1. The maximum atomic E-state index is 12.9. The van der Waals surface area contributed by atoms with E-state index in [4.69, 9.17) is 9.47 Å². The van der Waals surface area contributed by atoms with Crippen molar-refractivity contribution in [3.8, 4) is 0 Å². The molecule has 0 amide bonds. The summed E-state index contributed by atoms with van der Waals surface area (Å²) in [6, 6.07) is 4.12. The number of carbonyl (C=O) groups is 1. The molecule has 0 fully saturated rings. The van der Waals surface area contributed by atoms with Gasteiger partial charge in [-0.25, -0.2) is 9.18 Å². The molecule has 0 aromatic heterocycles. The van der Waals surface area contributed by atoms with Gasteiger partial charge in [0.2, 0.25) is 0 Å². The van der Waals surface area contributed by atoms with Crippen LogP contribution in [0.2, 0.25) is 0 Å². The zero-order valence-corrected chi connectivity index (χ0v) is 8.75. The summed E-state index contributed by atoms with van der Waals surface area (Å²) in [5.41, 5.74) is 0.779. The molecule has 0 heterocycles. The highest BCUT2D eigenvalue weighted by Gasteiger charge is 2.08. The molecular formula is C11H13FO3. The number of aryl methyl sites for hydroxylation is 1. The molecule has 0 saturated carbocycles. The number of ether oxygens (including phenoxy) is 2. The van der Waals surface area contributed by atoms with Gasteiger partial charge in [0.15, 0.2) is 0 Å². The molecule has 0 radical (unpaired) electrons. The number of hydrogen-bond donors (Lipinski definition) is 0. The Balaban J connectivity index is 2.62. The standard InChI is InChI=1S/C11H13FO3/c1-8-7-9(3-4-10(8)12)11(13)15-6-5-14-2/h3-4,7H,5-6H2,1-2H3.